The van der Waals surface area contributed by atoms with Crippen molar-refractivity contribution in [2.45, 2.75) is 31.2 Å². The van der Waals surface area contributed by atoms with Crippen LogP contribution >= 0.6 is 0 Å². The van der Waals surface area contributed by atoms with Crippen LogP contribution in [0.1, 0.15) is 25.7 Å². The predicted molar refractivity (Wildman–Crippen MR) is 68.8 cm³/mol. The number of nitrogens with one attached hydrogen (secondary N) is 1. The number of carbonyl (C=O) groups is 1. The summed E-state index contributed by atoms with van der Waals surface area (Å²) in [7, 11) is 0. The molecule has 0 aromatic heterocycles. The number of rotatable bonds is 6. The Labute approximate surface area is 107 Å². The van der Waals surface area contributed by atoms with Crippen LogP contribution in [0.5, 0.6) is 5.75 Å². The van der Waals surface area contributed by atoms with Crippen molar-refractivity contribution < 1.29 is 14.6 Å². The summed E-state index contributed by atoms with van der Waals surface area (Å²) in [5.41, 5.74) is -0.722. The zero-order valence-corrected chi connectivity index (χ0v) is 10.4. The summed E-state index contributed by atoms with van der Waals surface area (Å²) >= 11 is 0. The van der Waals surface area contributed by atoms with Gasteiger partial charge in [-0.2, -0.15) is 0 Å². The van der Waals surface area contributed by atoms with Crippen LogP contribution in [0.15, 0.2) is 30.3 Å². The van der Waals surface area contributed by atoms with Gasteiger partial charge in [0, 0.05) is 6.54 Å². The first-order valence-corrected chi connectivity index (χ1v) is 6.39. The van der Waals surface area contributed by atoms with Crippen LogP contribution in [0.4, 0.5) is 0 Å². The van der Waals surface area contributed by atoms with Gasteiger partial charge in [0.2, 0.25) is 0 Å². The number of aliphatic carboxylic acids is 1. The number of ether oxygens (including phenoxy) is 1. The van der Waals surface area contributed by atoms with Crippen LogP contribution in [0.2, 0.25) is 0 Å². The number of hydrogen-bond donors (Lipinski definition) is 2. The Bertz CT molecular complexity index is 385. The molecule has 0 radical (unpaired) electrons. The largest absolute Gasteiger partial charge is 0.492 e. The first-order chi connectivity index (χ1) is 8.73. The third-order valence-corrected chi connectivity index (χ3v) is 3.44. The van der Waals surface area contributed by atoms with Crippen molar-refractivity contribution in [1.29, 1.82) is 0 Å². The van der Waals surface area contributed by atoms with E-state index in [0.717, 1.165) is 18.6 Å². The van der Waals surface area contributed by atoms with Crippen LogP contribution < -0.4 is 10.1 Å². The van der Waals surface area contributed by atoms with Gasteiger partial charge >= 0.3 is 5.97 Å². The maximum absolute atomic E-state index is 11.3. The Balaban J connectivity index is 1.76. The molecule has 2 N–H and O–H groups in total. The summed E-state index contributed by atoms with van der Waals surface area (Å²) in [5.74, 6) is 0.0785. The number of para-hydroxylation sites is 1. The van der Waals surface area contributed by atoms with Crippen LogP contribution in [-0.4, -0.2) is 29.8 Å². The summed E-state index contributed by atoms with van der Waals surface area (Å²) in [4.78, 5) is 11.3. The molecule has 0 amide bonds. The molecule has 1 aliphatic carbocycles. The molecule has 1 aromatic carbocycles. The normalized spacial score (nSPS) is 17.6. The van der Waals surface area contributed by atoms with Crippen molar-refractivity contribution in [2.24, 2.45) is 0 Å². The Kier molecular flexibility index (Phi) is 4.20. The number of carboxylic acid groups (broad SMARTS) is 1. The number of hydrogen-bond acceptors (Lipinski definition) is 3. The van der Waals surface area contributed by atoms with Crippen molar-refractivity contribution in [3.8, 4) is 5.75 Å². The first kappa shape index (κ1) is 12.9. The summed E-state index contributed by atoms with van der Waals surface area (Å²) in [6.07, 6.45) is 3.40. The highest BCUT2D eigenvalue weighted by Crippen LogP contribution is 2.29. The molecule has 0 spiro atoms. The average molecular weight is 249 g/mol. The van der Waals surface area contributed by atoms with E-state index in [-0.39, 0.29) is 0 Å². The van der Waals surface area contributed by atoms with E-state index < -0.39 is 11.5 Å². The Morgan fingerprint density at radius 1 is 1.28 bits per heavy atom. The maximum Gasteiger partial charge on any atom is 0.323 e. The molecule has 18 heavy (non-hydrogen) atoms. The molecule has 98 valence electrons. The summed E-state index contributed by atoms with van der Waals surface area (Å²) in [6, 6.07) is 9.55. The van der Waals surface area contributed by atoms with Gasteiger partial charge in [-0.25, -0.2) is 0 Å². The van der Waals surface area contributed by atoms with Crippen molar-refractivity contribution in [1.82, 2.24) is 5.32 Å². The molecule has 0 atom stereocenters. The van der Waals surface area contributed by atoms with E-state index in [2.05, 4.69) is 5.32 Å². The van der Waals surface area contributed by atoms with Gasteiger partial charge in [0.25, 0.3) is 0 Å². The van der Waals surface area contributed by atoms with E-state index in [1.165, 1.54) is 0 Å². The van der Waals surface area contributed by atoms with Crippen molar-refractivity contribution in [2.75, 3.05) is 13.2 Å². The minimum absolute atomic E-state index is 0.485. The van der Waals surface area contributed by atoms with Crippen LogP contribution in [0.25, 0.3) is 0 Å². The Morgan fingerprint density at radius 2 is 1.94 bits per heavy atom. The minimum atomic E-state index is -0.736. The predicted octanol–water partition coefficient (Wildman–Crippen LogP) is 2.05. The summed E-state index contributed by atoms with van der Waals surface area (Å²) < 4.78 is 5.54. The van der Waals surface area contributed by atoms with Crippen molar-refractivity contribution >= 4 is 5.97 Å². The highest BCUT2D eigenvalue weighted by molar-refractivity contribution is 5.79. The lowest BCUT2D eigenvalue weighted by atomic mass is 9.98. The molecule has 0 unspecified atom stereocenters. The fraction of sp³-hybridized carbons (Fsp3) is 0.500. The van der Waals surface area contributed by atoms with E-state index in [1.54, 1.807) is 0 Å². The Morgan fingerprint density at radius 3 is 2.56 bits per heavy atom. The smallest absolute Gasteiger partial charge is 0.323 e. The van der Waals surface area contributed by atoms with Crippen LogP contribution in [0.3, 0.4) is 0 Å². The summed E-state index contributed by atoms with van der Waals surface area (Å²) in [6.45, 7) is 1.04. The molecule has 0 bridgehead atoms. The molecule has 1 saturated carbocycles. The second-order valence-electron chi connectivity index (χ2n) is 4.68. The lowest BCUT2D eigenvalue weighted by molar-refractivity contribution is -0.144. The molecule has 4 nitrogen and oxygen atoms in total. The lowest BCUT2D eigenvalue weighted by Gasteiger charge is -2.25. The zero-order chi connectivity index (χ0) is 12.8. The van der Waals surface area contributed by atoms with E-state index in [9.17, 15) is 9.90 Å². The highest BCUT2D eigenvalue weighted by atomic mass is 16.5. The topological polar surface area (TPSA) is 58.6 Å². The van der Waals surface area contributed by atoms with Gasteiger partial charge < -0.3 is 9.84 Å². The molecule has 1 fully saturated rings. The van der Waals surface area contributed by atoms with E-state index in [0.29, 0.717) is 26.0 Å². The van der Waals surface area contributed by atoms with E-state index in [4.69, 9.17) is 4.74 Å². The van der Waals surface area contributed by atoms with E-state index >= 15 is 0 Å². The van der Waals surface area contributed by atoms with Gasteiger partial charge in [-0.05, 0) is 25.0 Å². The third-order valence-electron chi connectivity index (χ3n) is 3.44. The SMILES string of the molecule is O=C(O)C1(NCCOc2ccccc2)CCCC1. The second kappa shape index (κ2) is 5.87. The molecule has 0 heterocycles. The van der Waals surface area contributed by atoms with Gasteiger partial charge in [-0.1, -0.05) is 31.0 Å². The molecule has 0 aliphatic heterocycles. The van der Waals surface area contributed by atoms with Gasteiger partial charge in [0.05, 0.1) is 0 Å². The third kappa shape index (κ3) is 3.01. The lowest BCUT2D eigenvalue weighted by Crippen LogP contribution is -2.51. The van der Waals surface area contributed by atoms with Gasteiger partial charge in [-0.15, -0.1) is 0 Å². The van der Waals surface area contributed by atoms with Gasteiger partial charge in [-0.3, -0.25) is 10.1 Å². The molecule has 1 aliphatic rings. The first-order valence-electron chi connectivity index (χ1n) is 6.39. The molecular formula is C14H19NO3. The van der Waals surface area contributed by atoms with Gasteiger partial charge in [0.1, 0.15) is 17.9 Å². The van der Waals surface area contributed by atoms with Crippen molar-refractivity contribution in [3.05, 3.63) is 30.3 Å². The monoisotopic (exact) mass is 249 g/mol. The van der Waals surface area contributed by atoms with Crippen LogP contribution in [-0.2, 0) is 4.79 Å². The summed E-state index contributed by atoms with van der Waals surface area (Å²) in [5, 5.41) is 12.4. The minimum Gasteiger partial charge on any atom is -0.492 e. The molecular weight excluding hydrogens is 230 g/mol. The van der Waals surface area contributed by atoms with Crippen molar-refractivity contribution in [3.63, 3.8) is 0 Å². The molecule has 4 heteroatoms. The second-order valence-corrected chi connectivity index (χ2v) is 4.68. The standard InChI is InChI=1S/C14H19NO3/c16-13(17)14(8-4-5-9-14)15-10-11-18-12-6-2-1-3-7-12/h1-3,6-7,15H,4-5,8-11H2,(H,16,17). The fourth-order valence-corrected chi connectivity index (χ4v) is 2.42. The number of benzene rings is 1. The van der Waals surface area contributed by atoms with Crippen LogP contribution in [0, 0.1) is 0 Å². The fourth-order valence-electron chi connectivity index (χ4n) is 2.42. The average Bonchev–Trinajstić information content (AvgIpc) is 2.86. The number of carboxylic acids is 1. The molecule has 2 rings (SSSR count). The van der Waals surface area contributed by atoms with E-state index in [1.807, 2.05) is 30.3 Å². The maximum atomic E-state index is 11.3. The Hall–Kier alpha value is -1.55. The highest BCUT2D eigenvalue weighted by Gasteiger charge is 2.40. The van der Waals surface area contributed by atoms with Gasteiger partial charge in [0.15, 0.2) is 0 Å². The zero-order valence-electron chi connectivity index (χ0n) is 10.4. The molecule has 1 aromatic rings. The molecule has 0 saturated heterocycles. The quantitative estimate of drug-likeness (QED) is 0.758.